The normalized spacial score (nSPS) is 26.4. The summed E-state index contributed by atoms with van der Waals surface area (Å²) >= 11 is 0. The second kappa shape index (κ2) is 5.06. The molecule has 0 spiro atoms. The Morgan fingerprint density at radius 2 is 2.31 bits per heavy atom. The van der Waals surface area contributed by atoms with Gasteiger partial charge in [0.15, 0.2) is 0 Å². The van der Waals surface area contributed by atoms with Crippen molar-refractivity contribution in [3.05, 3.63) is 35.1 Å². The monoisotopic (exact) mass is 241 g/mol. The fourth-order valence-electron chi connectivity index (χ4n) is 1.88. The predicted octanol–water partition coefficient (Wildman–Crippen LogP) is 1.92. The van der Waals surface area contributed by atoms with Crippen molar-refractivity contribution in [1.82, 2.24) is 5.32 Å². The maximum absolute atomic E-state index is 13.4. The molecule has 1 saturated heterocycles. The van der Waals surface area contributed by atoms with Crippen LogP contribution in [-0.4, -0.2) is 22.3 Å². The zero-order valence-corrected chi connectivity index (χ0v) is 10.1. The summed E-state index contributed by atoms with van der Waals surface area (Å²) in [6.07, 6.45) is 0.928. The maximum Gasteiger partial charge on any atom is 0.126 e. The van der Waals surface area contributed by atoms with E-state index in [1.165, 1.54) is 0 Å². The Balaban J connectivity index is 2.21. The second-order valence-corrected chi connectivity index (χ2v) is 5.80. The van der Waals surface area contributed by atoms with Gasteiger partial charge in [-0.25, -0.2) is 4.39 Å². The molecule has 0 bridgehead atoms. The van der Waals surface area contributed by atoms with Gasteiger partial charge in [-0.05, 0) is 37.1 Å². The molecule has 2 atom stereocenters. The first-order chi connectivity index (χ1) is 7.66. The van der Waals surface area contributed by atoms with Crippen molar-refractivity contribution in [2.24, 2.45) is 0 Å². The van der Waals surface area contributed by atoms with Gasteiger partial charge < -0.3 is 5.32 Å². The highest BCUT2D eigenvalue weighted by molar-refractivity contribution is 7.85. The van der Waals surface area contributed by atoms with Crippen molar-refractivity contribution in [3.8, 4) is 0 Å². The molecule has 1 aliphatic heterocycles. The quantitative estimate of drug-likeness (QED) is 0.814. The van der Waals surface area contributed by atoms with Crippen LogP contribution in [0.15, 0.2) is 18.2 Å². The van der Waals surface area contributed by atoms with Gasteiger partial charge in [-0.2, -0.15) is 0 Å². The third-order valence-corrected chi connectivity index (χ3v) is 4.34. The number of hydrogen-bond acceptors (Lipinski definition) is 2. The van der Waals surface area contributed by atoms with E-state index in [4.69, 9.17) is 0 Å². The molecule has 0 amide bonds. The Bertz CT molecular complexity index is 408. The van der Waals surface area contributed by atoms with Crippen molar-refractivity contribution in [1.29, 1.82) is 0 Å². The minimum atomic E-state index is -0.785. The molecular formula is C12H16FNOS. The van der Waals surface area contributed by atoms with Gasteiger partial charge in [0.05, 0.1) is 0 Å². The van der Waals surface area contributed by atoms with E-state index in [1.807, 2.05) is 6.07 Å². The molecule has 1 heterocycles. The molecule has 2 nitrogen and oxygen atoms in total. The topological polar surface area (TPSA) is 29.1 Å². The molecule has 1 aromatic rings. The van der Waals surface area contributed by atoms with Crippen LogP contribution in [-0.2, 0) is 10.8 Å². The van der Waals surface area contributed by atoms with Gasteiger partial charge in [-0.15, -0.1) is 0 Å². The summed E-state index contributed by atoms with van der Waals surface area (Å²) in [5.74, 6) is 1.15. The molecule has 1 aromatic carbocycles. The van der Waals surface area contributed by atoms with Crippen LogP contribution in [0, 0.1) is 12.7 Å². The van der Waals surface area contributed by atoms with Crippen molar-refractivity contribution < 1.29 is 8.60 Å². The van der Waals surface area contributed by atoms with Gasteiger partial charge in [0.1, 0.15) is 5.82 Å². The molecule has 16 heavy (non-hydrogen) atoms. The minimum absolute atomic E-state index is 0.0263. The summed E-state index contributed by atoms with van der Waals surface area (Å²) < 4.78 is 25.0. The van der Waals surface area contributed by atoms with E-state index < -0.39 is 10.8 Å². The molecule has 88 valence electrons. The van der Waals surface area contributed by atoms with Crippen LogP contribution in [0.25, 0.3) is 0 Å². The van der Waals surface area contributed by atoms with Gasteiger partial charge in [-0.3, -0.25) is 4.21 Å². The lowest BCUT2D eigenvalue weighted by Gasteiger charge is -2.16. The summed E-state index contributed by atoms with van der Waals surface area (Å²) in [5.41, 5.74) is 1.55. The average molecular weight is 241 g/mol. The largest absolute Gasteiger partial charge is 0.309 e. The van der Waals surface area contributed by atoms with Gasteiger partial charge in [0.25, 0.3) is 0 Å². The SMILES string of the molecule is Cc1ccc(C2CS(=O)CCCN2)cc1F. The van der Waals surface area contributed by atoms with E-state index in [1.54, 1.807) is 19.1 Å². The van der Waals surface area contributed by atoms with Crippen LogP contribution in [0.2, 0.25) is 0 Å². The zero-order valence-electron chi connectivity index (χ0n) is 9.33. The second-order valence-electron chi connectivity index (χ2n) is 4.18. The lowest BCUT2D eigenvalue weighted by Crippen LogP contribution is -2.24. The Morgan fingerprint density at radius 1 is 1.50 bits per heavy atom. The van der Waals surface area contributed by atoms with Crippen molar-refractivity contribution >= 4 is 10.8 Å². The van der Waals surface area contributed by atoms with Crippen LogP contribution < -0.4 is 5.32 Å². The number of hydrogen-bond donors (Lipinski definition) is 1. The molecule has 0 radical (unpaired) electrons. The lowest BCUT2D eigenvalue weighted by atomic mass is 10.1. The molecule has 1 fully saturated rings. The molecule has 2 rings (SSSR count). The Hall–Kier alpha value is -0.740. The fourth-order valence-corrected chi connectivity index (χ4v) is 3.19. The highest BCUT2D eigenvalue weighted by Crippen LogP contribution is 2.19. The average Bonchev–Trinajstić information content (AvgIpc) is 2.47. The van der Waals surface area contributed by atoms with Gasteiger partial charge in [0.2, 0.25) is 0 Å². The van der Waals surface area contributed by atoms with Crippen LogP contribution in [0.1, 0.15) is 23.6 Å². The smallest absolute Gasteiger partial charge is 0.126 e. The first kappa shape index (κ1) is 11.7. The molecule has 0 aliphatic carbocycles. The molecule has 0 saturated carbocycles. The minimum Gasteiger partial charge on any atom is -0.309 e. The van der Waals surface area contributed by atoms with E-state index in [0.29, 0.717) is 11.3 Å². The molecule has 4 heteroatoms. The molecular weight excluding hydrogens is 225 g/mol. The maximum atomic E-state index is 13.4. The predicted molar refractivity (Wildman–Crippen MR) is 64.4 cm³/mol. The molecule has 0 aromatic heterocycles. The number of benzene rings is 1. The Morgan fingerprint density at radius 3 is 3.06 bits per heavy atom. The van der Waals surface area contributed by atoms with E-state index in [9.17, 15) is 8.60 Å². The first-order valence-electron chi connectivity index (χ1n) is 5.51. The number of halogens is 1. The van der Waals surface area contributed by atoms with Crippen molar-refractivity contribution in [2.75, 3.05) is 18.1 Å². The van der Waals surface area contributed by atoms with E-state index in [2.05, 4.69) is 5.32 Å². The van der Waals surface area contributed by atoms with E-state index in [0.717, 1.165) is 24.3 Å². The van der Waals surface area contributed by atoms with Gasteiger partial charge in [0, 0.05) is 28.3 Å². The highest BCUT2D eigenvalue weighted by atomic mass is 32.2. The third-order valence-electron chi connectivity index (χ3n) is 2.89. The lowest BCUT2D eigenvalue weighted by molar-refractivity contribution is 0.573. The van der Waals surface area contributed by atoms with Crippen molar-refractivity contribution in [3.63, 3.8) is 0 Å². The van der Waals surface area contributed by atoms with Gasteiger partial charge in [-0.1, -0.05) is 12.1 Å². The number of nitrogens with one attached hydrogen (secondary N) is 1. The summed E-state index contributed by atoms with van der Waals surface area (Å²) in [7, 11) is -0.785. The Kier molecular flexibility index (Phi) is 3.71. The number of rotatable bonds is 1. The van der Waals surface area contributed by atoms with Crippen LogP contribution in [0.4, 0.5) is 4.39 Å². The van der Waals surface area contributed by atoms with Crippen molar-refractivity contribution in [2.45, 2.75) is 19.4 Å². The third kappa shape index (κ3) is 2.68. The van der Waals surface area contributed by atoms with E-state index in [-0.39, 0.29) is 11.9 Å². The number of aryl methyl sites for hydroxylation is 1. The van der Waals surface area contributed by atoms with E-state index >= 15 is 0 Å². The van der Waals surface area contributed by atoms with Crippen LogP contribution >= 0.6 is 0 Å². The summed E-state index contributed by atoms with van der Waals surface area (Å²) in [4.78, 5) is 0. The van der Waals surface area contributed by atoms with Crippen LogP contribution in [0.5, 0.6) is 0 Å². The standard InChI is InChI=1S/C12H16FNOS/c1-9-3-4-10(7-11(9)13)12-8-16(15)6-2-5-14-12/h3-4,7,12,14H,2,5-6,8H2,1H3. The fraction of sp³-hybridized carbons (Fsp3) is 0.500. The van der Waals surface area contributed by atoms with Gasteiger partial charge >= 0.3 is 0 Å². The van der Waals surface area contributed by atoms with Crippen LogP contribution in [0.3, 0.4) is 0 Å². The molecule has 1 N–H and O–H groups in total. The molecule has 2 unspecified atom stereocenters. The highest BCUT2D eigenvalue weighted by Gasteiger charge is 2.18. The Labute approximate surface area is 97.7 Å². The summed E-state index contributed by atoms with van der Waals surface area (Å²) in [5, 5.41) is 3.32. The first-order valence-corrected chi connectivity index (χ1v) is 7.00. The zero-order chi connectivity index (χ0) is 11.5. The molecule has 1 aliphatic rings. The summed E-state index contributed by atoms with van der Waals surface area (Å²) in [6, 6.07) is 5.27. The summed E-state index contributed by atoms with van der Waals surface area (Å²) in [6.45, 7) is 2.60.